The molecule has 0 aliphatic carbocycles. The second-order valence-electron chi connectivity index (χ2n) is 3.42. The van der Waals surface area contributed by atoms with Gasteiger partial charge in [0.15, 0.2) is 0 Å². The molecule has 1 N–H and O–H groups in total. The molecule has 1 heterocycles. The molecular formula is C10H17N3S. The third-order valence-corrected chi connectivity index (χ3v) is 2.79. The van der Waals surface area contributed by atoms with Gasteiger partial charge in [0.2, 0.25) is 0 Å². The number of hydrogen-bond donors (Lipinski definition) is 1. The van der Waals surface area contributed by atoms with E-state index in [1.807, 2.05) is 31.8 Å². The average Bonchev–Trinajstić information content (AvgIpc) is 2.14. The van der Waals surface area contributed by atoms with Crippen molar-refractivity contribution in [1.82, 2.24) is 9.97 Å². The van der Waals surface area contributed by atoms with Gasteiger partial charge in [0.25, 0.3) is 0 Å². The van der Waals surface area contributed by atoms with Gasteiger partial charge in [0.1, 0.15) is 11.6 Å². The number of nitrogens with zero attached hydrogens (tertiary/aromatic N) is 2. The van der Waals surface area contributed by atoms with Gasteiger partial charge in [-0.1, -0.05) is 13.8 Å². The molecule has 0 fully saturated rings. The Balaban J connectivity index is 2.71. The SMILES string of the molecule is CNc1cc(C)nc(CSC(C)C)n1. The Labute approximate surface area is 89.7 Å². The molecule has 0 saturated heterocycles. The maximum Gasteiger partial charge on any atom is 0.140 e. The predicted octanol–water partition coefficient (Wildman–Crippen LogP) is 2.47. The number of anilines is 1. The molecule has 78 valence electrons. The smallest absolute Gasteiger partial charge is 0.140 e. The third kappa shape index (κ3) is 3.54. The summed E-state index contributed by atoms with van der Waals surface area (Å²) < 4.78 is 0. The molecular weight excluding hydrogens is 194 g/mol. The number of hydrogen-bond acceptors (Lipinski definition) is 4. The van der Waals surface area contributed by atoms with Crippen LogP contribution in [0.5, 0.6) is 0 Å². The maximum atomic E-state index is 4.38. The number of thioether (sulfide) groups is 1. The van der Waals surface area contributed by atoms with Gasteiger partial charge < -0.3 is 5.32 Å². The van der Waals surface area contributed by atoms with Crippen molar-refractivity contribution in [3.05, 3.63) is 17.6 Å². The first-order valence-electron chi connectivity index (χ1n) is 4.75. The fourth-order valence-electron chi connectivity index (χ4n) is 1.06. The van der Waals surface area contributed by atoms with Crippen LogP contribution in [0.4, 0.5) is 5.82 Å². The Morgan fingerprint density at radius 3 is 2.71 bits per heavy atom. The zero-order valence-corrected chi connectivity index (χ0v) is 9.98. The van der Waals surface area contributed by atoms with Crippen LogP contribution >= 0.6 is 11.8 Å². The van der Waals surface area contributed by atoms with Crippen LogP contribution in [0.2, 0.25) is 0 Å². The molecule has 0 atom stereocenters. The van der Waals surface area contributed by atoms with Crippen LogP contribution in [0.3, 0.4) is 0 Å². The second kappa shape index (κ2) is 5.20. The van der Waals surface area contributed by atoms with Gasteiger partial charge in [0.05, 0.1) is 5.75 Å². The van der Waals surface area contributed by atoms with E-state index in [1.165, 1.54) is 0 Å². The lowest BCUT2D eigenvalue weighted by Crippen LogP contribution is -2.01. The highest BCUT2D eigenvalue weighted by atomic mass is 32.2. The molecule has 14 heavy (non-hydrogen) atoms. The summed E-state index contributed by atoms with van der Waals surface area (Å²) in [5, 5.41) is 3.66. The minimum atomic E-state index is 0.622. The van der Waals surface area contributed by atoms with Crippen molar-refractivity contribution in [1.29, 1.82) is 0 Å². The minimum Gasteiger partial charge on any atom is -0.373 e. The summed E-state index contributed by atoms with van der Waals surface area (Å²) in [6.45, 7) is 6.35. The van der Waals surface area contributed by atoms with E-state index in [-0.39, 0.29) is 0 Å². The molecule has 0 aliphatic heterocycles. The van der Waals surface area contributed by atoms with E-state index in [1.54, 1.807) is 0 Å². The van der Waals surface area contributed by atoms with Crippen molar-refractivity contribution >= 4 is 17.6 Å². The van der Waals surface area contributed by atoms with Crippen molar-refractivity contribution < 1.29 is 0 Å². The summed E-state index contributed by atoms with van der Waals surface area (Å²) in [5.74, 6) is 2.69. The largest absolute Gasteiger partial charge is 0.373 e. The molecule has 1 rings (SSSR count). The van der Waals surface area contributed by atoms with Gasteiger partial charge in [-0.25, -0.2) is 9.97 Å². The normalized spacial score (nSPS) is 10.6. The fourth-order valence-corrected chi connectivity index (χ4v) is 1.68. The standard InChI is InChI=1S/C10H17N3S/c1-7(2)14-6-10-12-8(3)5-9(11-4)13-10/h5,7H,6H2,1-4H3,(H,11,12,13). The number of rotatable bonds is 4. The Bertz CT molecular complexity index is 299. The van der Waals surface area contributed by atoms with E-state index in [4.69, 9.17) is 0 Å². The van der Waals surface area contributed by atoms with Crippen LogP contribution < -0.4 is 5.32 Å². The minimum absolute atomic E-state index is 0.622. The van der Waals surface area contributed by atoms with E-state index < -0.39 is 0 Å². The van der Waals surface area contributed by atoms with Crippen LogP contribution in [0.25, 0.3) is 0 Å². The van der Waals surface area contributed by atoms with Crippen molar-refractivity contribution in [3.8, 4) is 0 Å². The lowest BCUT2D eigenvalue weighted by Gasteiger charge is -2.06. The maximum absolute atomic E-state index is 4.38. The Morgan fingerprint density at radius 2 is 2.14 bits per heavy atom. The van der Waals surface area contributed by atoms with Crippen LogP contribution in [-0.2, 0) is 5.75 Å². The van der Waals surface area contributed by atoms with Gasteiger partial charge >= 0.3 is 0 Å². The summed E-state index contributed by atoms with van der Waals surface area (Å²) in [6, 6.07) is 1.95. The summed E-state index contributed by atoms with van der Waals surface area (Å²) in [4.78, 5) is 8.76. The highest BCUT2D eigenvalue weighted by Gasteiger charge is 2.02. The highest BCUT2D eigenvalue weighted by molar-refractivity contribution is 7.99. The molecule has 0 unspecified atom stereocenters. The summed E-state index contributed by atoms with van der Waals surface area (Å²) >= 11 is 1.86. The van der Waals surface area contributed by atoms with Crippen molar-refractivity contribution in [3.63, 3.8) is 0 Å². The van der Waals surface area contributed by atoms with E-state index in [0.29, 0.717) is 5.25 Å². The number of aryl methyl sites for hydroxylation is 1. The summed E-state index contributed by atoms with van der Waals surface area (Å²) in [5.41, 5.74) is 1.02. The van der Waals surface area contributed by atoms with E-state index in [9.17, 15) is 0 Å². The predicted molar refractivity (Wildman–Crippen MR) is 62.7 cm³/mol. The van der Waals surface area contributed by atoms with Gasteiger partial charge in [-0.2, -0.15) is 11.8 Å². The van der Waals surface area contributed by atoms with Gasteiger partial charge in [-0.3, -0.25) is 0 Å². The Hall–Kier alpha value is -0.770. The lowest BCUT2D eigenvalue weighted by atomic mass is 10.4. The second-order valence-corrected chi connectivity index (χ2v) is 4.99. The van der Waals surface area contributed by atoms with Gasteiger partial charge in [-0.15, -0.1) is 0 Å². The molecule has 4 heteroatoms. The van der Waals surface area contributed by atoms with E-state index in [2.05, 4.69) is 29.1 Å². The third-order valence-electron chi connectivity index (χ3n) is 1.70. The molecule has 3 nitrogen and oxygen atoms in total. The molecule has 0 bridgehead atoms. The van der Waals surface area contributed by atoms with Crippen molar-refractivity contribution in [2.24, 2.45) is 0 Å². The van der Waals surface area contributed by atoms with Crippen LogP contribution in [-0.4, -0.2) is 22.3 Å². The van der Waals surface area contributed by atoms with E-state index >= 15 is 0 Å². The first-order chi connectivity index (χ1) is 6.61. The van der Waals surface area contributed by atoms with Crippen molar-refractivity contribution in [2.45, 2.75) is 31.8 Å². The molecule has 0 aromatic carbocycles. The number of aromatic nitrogens is 2. The monoisotopic (exact) mass is 211 g/mol. The molecule has 1 aromatic rings. The summed E-state index contributed by atoms with van der Waals surface area (Å²) in [6.07, 6.45) is 0. The molecule has 0 aliphatic rings. The van der Waals surface area contributed by atoms with Crippen molar-refractivity contribution in [2.75, 3.05) is 12.4 Å². The highest BCUT2D eigenvalue weighted by Crippen LogP contribution is 2.16. The zero-order chi connectivity index (χ0) is 10.6. The molecule has 0 amide bonds. The molecule has 1 aromatic heterocycles. The molecule has 0 saturated carbocycles. The van der Waals surface area contributed by atoms with Gasteiger partial charge in [-0.05, 0) is 12.2 Å². The summed E-state index contributed by atoms with van der Waals surface area (Å²) in [7, 11) is 1.88. The average molecular weight is 211 g/mol. The lowest BCUT2D eigenvalue weighted by molar-refractivity contribution is 0.989. The molecule has 0 spiro atoms. The quantitative estimate of drug-likeness (QED) is 0.830. The fraction of sp³-hybridized carbons (Fsp3) is 0.600. The Morgan fingerprint density at radius 1 is 1.43 bits per heavy atom. The van der Waals surface area contributed by atoms with Gasteiger partial charge in [0, 0.05) is 18.8 Å². The first kappa shape index (κ1) is 11.3. The number of nitrogens with one attached hydrogen (secondary N) is 1. The molecule has 0 radical (unpaired) electrons. The first-order valence-corrected chi connectivity index (χ1v) is 5.80. The topological polar surface area (TPSA) is 37.8 Å². The Kier molecular flexibility index (Phi) is 4.20. The zero-order valence-electron chi connectivity index (χ0n) is 9.16. The van der Waals surface area contributed by atoms with Crippen LogP contribution in [0, 0.1) is 6.92 Å². The van der Waals surface area contributed by atoms with Crippen LogP contribution in [0.1, 0.15) is 25.4 Å². The van der Waals surface area contributed by atoms with E-state index in [0.717, 1.165) is 23.1 Å². The van der Waals surface area contributed by atoms with Crippen LogP contribution in [0.15, 0.2) is 6.07 Å².